The van der Waals surface area contributed by atoms with Gasteiger partial charge in [0.1, 0.15) is 18.2 Å². The minimum atomic E-state index is -1.18. The first kappa shape index (κ1) is 20.7. The van der Waals surface area contributed by atoms with Crippen LogP contribution in [0.4, 0.5) is 10.6 Å². The predicted molar refractivity (Wildman–Crippen MR) is 105 cm³/mol. The number of rotatable bonds is 8. The molecular formula is C20H27N3O4. The molecule has 146 valence electrons. The first-order valence-electron chi connectivity index (χ1n) is 8.82. The predicted octanol–water partition coefficient (Wildman–Crippen LogP) is 3.47. The lowest BCUT2D eigenvalue weighted by atomic mass is 9.93. The van der Waals surface area contributed by atoms with Gasteiger partial charge >= 0.3 is 6.09 Å². The van der Waals surface area contributed by atoms with Gasteiger partial charge in [0.25, 0.3) is 0 Å². The number of aliphatic hydroxyl groups is 1. The van der Waals surface area contributed by atoms with Gasteiger partial charge in [-0.15, -0.1) is 0 Å². The molecule has 1 atom stereocenters. The van der Waals surface area contributed by atoms with Crippen molar-refractivity contribution >= 4 is 11.9 Å². The molecule has 27 heavy (non-hydrogen) atoms. The van der Waals surface area contributed by atoms with Gasteiger partial charge in [-0.1, -0.05) is 19.9 Å². The number of nitrogens with one attached hydrogen (secondary N) is 1. The van der Waals surface area contributed by atoms with Crippen LogP contribution in [0.15, 0.2) is 36.5 Å². The van der Waals surface area contributed by atoms with E-state index < -0.39 is 11.6 Å². The third-order valence-corrected chi connectivity index (χ3v) is 3.99. The molecule has 1 aromatic carbocycles. The highest BCUT2D eigenvalue weighted by atomic mass is 16.5. The van der Waals surface area contributed by atoms with E-state index in [-0.39, 0.29) is 12.4 Å². The summed E-state index contributed by atoms with van der Waals surface area (Å²) in [5.74, 6) is 1.28. The van der Waals surface area contributed by atoms with Gasteiger partial charge in [0.15, 0.2) is 0 Å². The lowest BCUT2D eigenvalue weighted by molar-refractivity contribution is 0.199. The van der Waals surface area contributed by atoms with E-state index in [2.05, 4.69) is 24.1 Å². The van der Waals surface area contributed by atoms with E-state index in [0.29, 0.717) is 23.8 Å². The number of hydrogen-bond acceptors (Lipinski definition) is 5. The number of nitrogens with zero attached hydrogens (tertiary/aromatic N) is 1. The van der Waals surface area contributed by atoms with Crippen molar-refractivity contribution in [1.29, 1.82) is 0 Å². The number of aliphatic hydroxyl groups excluding tert-OH is 1. The molecule has 1 aromatic heterocycles. The number of aromatic nitrogens is 1. The molecule has 0 saturated heterocycles. The Morgan fingerprint density at radius 3 is 2.63 bits per heavy atom. The second kappa shape index (κ2) is 8.83. The van der Waals surface area contributed by atoms with E-state index in [4.69, 9.17) is 15.6 Å². The zero-order valence-electron chi connectivity index (χ0n) is 15.9. The number of carboxylic acid groups (broad SMARTS) is 1. The monoisotopic (exact) mass is 373 g/mol. The third-order valence-electron chi connectivity index (χ3n) is 3.99. The molecule has 0 aliphatic heterocycles. The van der Waals surface area contributed by atoms with Gasteiger partial charge < -0.3 is 20.7 Å². The molecule has 1 heterocycles. The summed E-state index contributed by atoms with van der Waals surface area (Å²) in [6.07, 6.45) is 1.18. The zero-order chi connectivity index (χ0) is 20.0. The maximum Gasteiger partial charge on any atom is 0.410 e. The fourth-order valence-corrected chi connectivity index (χ4v) is 3.05. The van der Waals surface area contributed by atoms with Crippen LogP contribution in [0, 0.1) is 5.92 Å². The number of pyridine rings is 1. The van der Waals surface area contributed by atoms with E-state index in [1.807, 2.05) is 19.1 Å². The average molecular weight is 373 g/mol. The minimum Gasteiger partial charge on any atom is -0.491 e. The Labute approximate surface area is 159 Å². The number of nitrogens with two attached hydrogens (primary N) is 1. The maximum absolute atomic E-state index is 10.8. The van der Waals surface area contributed by atoms with Gasteiger partial charge in [-0.2, -0.15) is 0 Å². The molecule has 0 spiro atoms. The Morgan fingerprint density at radius 1 is 1.30 bits per heavy atom. The van der Waals surface area contributed by atoms with Gasteiger partial charge in [0.2, 0.25) is 0 Å². The van der Waals surface area contributed by atoms with Gasteiger partial charge in [-0.25, -0.2) is 9.78 Å². The molecule has 1 amide bonds. The Hall–Kier alpha value is -2.64. The van der Waals surface area contributed by atoms with Crippen molar-refractivity contribution in [3.8, 4) is 16.9 Å². The molecule has 0 radical (unpaired) electrons. The lowest BCUT2D eigenvalue weighted by Gasteiger charge is -2.27. The first-order valence-corrected chi connectivity index (χ1v) is 8.82. The van der Waals surface area contributed by atoms with Crippen molar-refractivity contribution in [1.82, 2.24) is 4.98 Å². The van der Waals surface area contributed by atoms with Crippen molar-refractivity contribution in [2.45, 2.75) is 39.3 Å². The Kier molecular flexibility index (Phi) is 6.76. The summed E-state index contributed by atoms with van der Waals surface area (Å²) in [4.78, 5) is 14.7. The smallest absolute Gasteiger partial charge is 0.410 e. The average Bonchev–Trinajstić information content (AvgIpc) is 2.58. The van der Waals surface area contributed by atoms with E-state index in [9.17, 15) is 9.90 Å². The largest absolute Gasteiger partial charge is 0.491 e. The Bertz CT molecular complexity index is 791. The number of anilines is 1. The van der Waals surface area contributed by atoms with E-state index in [1.165, 1.54) is 6.20 Å². The molecule has 0 aliphatic carbocycles. The van der Waals surface area contributed by atoms with Gasteiger partial charge in [0.05, 0.1) is 6.61 Å². The van der Waals surface area contributed by atoms with E-state index in [1.54, 1.807) is 18.2 Å². The molecule has 5 N–H and O–H groups in total. The van der Waals surface area contributed by atoms with E-state index >= 15 is 0 Å². The van der Waals surface area contributed by atoms with E-state index in [0.717, 1.165) is 17.5 Å². The van der Waals surface area contributed by atoms with Crippen molar-refractivity contribution in [2.75, 3.05) is 11.9 Å². The molecule has 0 aliphatic rings. The number of carbonyl (C=O) groups is 1. The van der Waals surface area contributed by atoms with Crippen LogP contribution in [0.25, 0.3) is 11.1 Å². The SMILES string of the molecule is CC(C)CC(C)(N)COc1ccc(-c2ccnc(NC(=O)O)c2)cc1CO. The van der Waals surface area contributed by atoms with Gasteiger partial charge in [-0.05, 0) is 54.7 Å². The van der Waals surface area contributed by atoms with Crippen molar-refractivity contribution in [3.63, 3.8) is 0 Å². The Balaban J connectivity index is 2.20. The molecular weight excluding hydrogens is 346 g/mol. The van der Waals surface area contributed by atoms with Gasteiger partial charge in [-0.3, -0.25) is 5.32 Å². The molecule has 1 unspecified atom stereocenters. The standard InChI is InChI=1S/C20H27N3O4/c1-13(2)10-20(3,21)12-27-17-5-4-14(8-16(17)11-24)15-6-7-22-18(9-15)23-19(25)26/h4-9,13,24H,10-12,21H2,1-3H3,(H,22,23)(H,25,26). The summed E-state index contributed by atoms with van der Waals surface area (Å²) in [5, 5.41) is 20.8. The highest BCUT2D eigenvalue weighted by Gasteiger charge is 2.21. The molecule has 2 aromatic rings. The maximum atomic E-state index is 10.8. The van der Waals surface area contributed by atoms with Crippen LogP contribution < -0.4 is 15.8 Å². The van der Waals surface area contributed by atoms with Crippen LogP contribution in [0.5, 0.6) is 5.75 Å². The second-order valence-electron chi connectivity index (χ2n) is 7.38. The Morgan fingerprint density at radius 2 is 2.00 bits per heavy atom. The summed E-state index contributed by atoms with van der Waals surface area (Å²) in [6.45, 7) is 6.34. The summed E-state index contributed by atoms with van der Waals surface area (Å²) in [6, 6.07) is 8.85. The minimum absolute atomic E-state index is 0.181. The van der Waals surface area contributed by atoms with Crippen LogP contribution in [-0.4, -0.2) is 33.4 Å². The van der Waals surface area contributed by atoms with Crippen LogP contribution in [0.2, 0.25) is 0 Å². The summed E-state index contributed by atoms with van der Waals surface area (Å²) < 4.78 is 5.87. The van der Waals surface area contributed by atoms with Crippen LogP contribution in [0.1, 0.15) is 32.8 Å². The highest BCUT2D eigenvalue weighted by Crippen LogP contribution is 2.28. The lowest BCUT2D eigenvalue weighted by Crippen LogP contribution is -2.43. The van der Waals surface area contributed by atoms with Gasteiger partial charge in [0, 0.05) is 17.3 Å². The quantitative estimate of drug-likeness (QED) is 0.563. The molecule has 2 rings (SSSR count). The van der Waals surface area contributed by atoms with Crippen LogP contribution in [0.3, 0.4) is 0 Å². The number of benzene rings is 1. The third kappa shape index (κ3) is 6.23. The number of amides is 1. The molecule has 0 bridgehead atoms. The molecule has 0 saturated carbocycles. The fourth-order valence-electron chi connectivity index (χ4n) is 3.05. The number of hydrogen-bond donors (Lipinski definition) is 4. The van der Waals surface area contributed by atoms with Crippen molar-refractivity contribution < 1.29 is 19.7 Å². The molecule has 0 fully saturated rings. The second-order valence-corrected chi connectivity index (χ2v) is 7.38. The van der Waals surface area contributed by atoms with Crippen molar-refractivity contribution in [2.24, 2.45) is 11.7 Å². The first-order chi connectivity index (χ1) is 12.7. The van der Waals surface area contributed by atoms with Crippen LogP contribution in [-0.2, 0) is 6.61 Å². The summed E-state index contributed by atoms with van der Waals surface area (Å²) in [5.41, 5.74) is 8.06. The molecule has 7 nitrogen and oxygen atoms in total. The normalized spacial score (nSPS) is 13.3. The van der Waals surface area contributed by atoms with Crippen molar-refractivity contribution in [3.05, 3.63) is 42.1 Å². The zero-order valence-corrected chi connectivity index (χ0v) is 15.9. The fraction of sp³-hybridized carbons (Fsp3) is 0.400. The number of ether oxygens (including phenoxy) is 1. The topological polar surface area (TPSA) is 118 Å². The van der Waals surface area contributed by atoms with Crippen LogP contribution >= 0.6 is 0 Å². The summed E-state index contributed by atoms with van der Waals surface area (Å²) in [7, 11) is 0. The molecule has 7 heteroatoms. The highest BCUT2D eigenvalue weighted by molar-refractivity contribution is 5.82. The summed E-state index contributed by atoms with van der Waals surface area (Å²) >= 11 is 0.